The van der Waals surface area contributed by atoms with Crippen molar-refractivity contribution >= 4 is 66.5 Å². The molecule has 0 bridgehead atoms. The predicted molar refractivity (Wildman–Crippen MR) is 208 cm³/mol. The Bertz CT molecular complexity index is 1670. The number of hydrogen-bond acceptors (Lipinski definition) is 6. The summed E-state index contributed by atoms with van der Waals surface area (Å²) in [7, 11) is 4.33. The average Bonchev–Trinajstić information content (AvgIpc) is 3.12. The first kappa shape index (κ1) is 35.1. The summed E-state index contributed by atoms with van der Waals surface area (Å²) in [5.41, 5.74) is 7.75. The molecule has 0 saturated carbocycles. The van der Waals surface area contributed by atoms with Gasteiger partial charge in [-0.1, -0.05) is 92.5 Å². The molecule has 2 fully saturated rings. The summed E-state index contributed by atoms with van der Waals surface area (Å²) in [6.07, 6.45) is 3.88. The molecular weight excluding hydrogens is 724 g/mol. The van der Waals surface area contributed by atoms with Crippen LogP contribution < -0.4 is 9.80 Å². The van der Waals surface area contributed by atoms with Crippen LogP contribution in [0.1, 0.15) is 22.3 Å². The first-order chi connectivity index (χ1) is 23.3. The molecular formula is C40H40Br2N6. The SMILES string of the molecule is CN1CCN(c2ccc(/C=C(\C#N)c3ccccc3Br)cc2)CC1.CN1CCN(c2ccc(/C=C(\C#N)c3ccccc3Br)cc2)CC1. The molecule has 0 spiro atoms. The van der Waals surface area contributed by atoms with Gasteiger partial charge in [0.15, 0.2) is 0 Å². The summed E-state index contributed by atoms with van der Waals surface area (Å²) in [5.74, 6) is 0. The van der Waals surface area contributed by atoms with Gasteiger partial charge in [-0.25, -0.2) is 0 Å². The van der Waals surface area contributed by atoms with Crippen LogP contribution in [0.2, 0.25) is 0 Å². The van der Waals surface area contributed by atoms with Crippen molar-refractivity contribution in [2.45, 2.75) is 0 Å². The van der Waals surface area contributed by atoms with Crippen LogP contribution >= 0.6 is 31.9 Å². The highest BCUT2D eigenvalue weighted by atomic mass is 79.9. The normalized spacial score (nSPS) is 16.0. The van der Waals surface area contributed by atoms with E-state index < -0.39 is 0 Å². The van der Waals surface area contributed by atoms with Crippen molar-refractivity contribution in [1.29, 1.82) is 10.5 Å². The number of hydrogen-bond donors (Lipinski definition) is 0. The Morgan fingerprint density at radius 3 is 1.17 bits per heavy atom. The van der Waals surface area contributed by atoms with Gasteiger partial charge in [0.25, 0.3) is 0 Å². The van der Waals surface area contributed by atoms with E-state index in [1.165, 1.54) is 11.4 Å². The van der Waals surface area contributed by atoms with E-state index in [2.05, 4.69) is 126 Å². The Balaban J connectivity index is 0.000000188. The number of allylic oxidation sites excluding steroid dienone is 2. The molecule has 4 aromatic carbocycles. The lowest BCUT2D eigenvalue weighted by molar-refractivity contribution is 0.313. The topological polar surface area (TPSA) is 60.5 Å². The Hall–Kier alpha value is -4.18. The third-order valence-corrected chi connectivity index (χ3v) is 10.1. The molecule has 6 nitrogen and oxygen atoms in total. The molecule has 2 aliphatic rings. The van der Waals surface area contributed by atoms with Crippen LogP contribution in [-0.4, -0.2) is 76.3 Å². The molecule has 244 valence electrons. The van der Waals surface area contributed by atoms with Gasteiger partial charge in [-0.3, -0.25) is 0 Å². The zero-order chi connectivity index (χ0) is 33.9. The lowest BCUT2D eigenvalue weighted by atomic mass is 10.0. The van der Waals surface area contributed by atoms with E-state index in [4.69, 9.17) is 0 Å². The number of likely N-dealkylation sites (N-methyl/N-ethyl adjacent to an activating group) is 2. The molecule has 0 aromatic heterocycles. The molecule has 0 radical (unpaired) electrons. The highest BCUT2D eigenvalue weighted by Crippen LogP contribution is 2.28. The Labute approximate surface area is 302 Å². The maximum absolute atomic E-state index is 9.50. The van der Waals surface area contributed by atoms with Crippen LogP contribution in [-0.2, 0) is 0 Å². The fourth-order valence-electron chi connectivity index (χ4n) is 5.73. The summed E-state index contributed by atoms with van der Waals surface area (Å²) >= 11 is 7.03. The van der Waals surface area contributed by atoms with Gasteiger partial charge in [0.2, 0.25) is 0 Å². The monoisotopic (exact) mass is 762 g/mol. The number of piperazine rings is 2. The molecule has 2 saturated heterocycles. The van der Waals surface area contributed by atoms with Crippen LogP contribution in [0.25, 0.3) is 23.3 Å². The van der Waals surface area contributed by atoms with Crippen LogP contribution in [0, 0.1) is 22.7 Å². The lowest BCUT2D eigenvalue weighted by Crippen LogP contribution is -2.44. The Morgan fingerprint density at radius 2 is 0.854 bits per heavy atom. The number of anilines is 2. The van der Waals surface area contributed by atoms with Gasteiger partial charge >= 0.3 is 0 Å². The second-order valence-corrected chi connectivity index (χ2v) is 13.8. The molecule has 8 heteroatoms. The molecule has 0 aliphatic carbocycles. The highest BCUT2D eigenvalue weighted by Gasteiger charge is 2.15. The number of nitriles is 2. The van der Waals surface area contributed by atoms with Crippen LogP contribution in [0.4, 0.5) is 11.4 Å². The number of nitrogens with zero attached hydrogens (tertiary/aromatic N) is 6. The third-order valence-electron chi connectivity index (χ3n) is 8.71. The Morgan fingerprint density at radius 1 is 0.521 bits per heavy atom. The van der Waals surface area contributed by atoms with Crippen molar-refractivity contribution in [3.63, 3.8) is 0 Å². The average molecular weight is 765 g/mol. The minimum absolute atomic E-state index is 0.662. The lowest BCUT2D eigenvalue weighted by Gasteiger charge is -2.34. The summed E-state index contributed by atoms with van der Waals surface area (Å²) in [5, 5.41) is 19.0. The molecule has 0 atom stereocenters. The van der Waals surface area contributed by atoms with E-state index >= 15 is 0 Å². The van der Waals surface area contributed by atoms with Crippen LogP contribution in [0.3, 0.4) is 0 Å². The van der Waals surface area contributed by atoms with E-state index in [0.29, 0.717) is 11.1 Å². The van der Waals surface area contributed by atoms with Gasteiger partial charge in [-0.05, 0) is 73.8 Å². The second-order valence-electron chi connectivity index (χ2n) is 12.1. The smallest absolute Gasteiger partial charge is 0.0998 e. The zero-order valence-corrected chi connectivity index (χ0v) is 30.7. The molecule has 6 rings (SSSR count). The first-order valence-electron chi connectivity index (χ1n) is 16.1. The van der Waals surface area contributed by atoms with Gasteiger partial charge in [-0.15, -0.1) is 0 Å². The van der Waals surface area contributed by atoms with Crippen LogP contribution in [0.15, 0.2) is 106 Å². The van der Waals surface area contributed by atoms with E-state index in [1.54, 1.807) is 0 Å². The van der Waals surface area contributed by atoms with Gasteiger partial charge in [0, 0.05) is 83.8 Å². The van der Waals surface area contributed by atoms with Gasteiger partial charge in [-0.2, -0.15) is 10.5 Å². The minimum Gasteiger partial charge on any atom is -0.369 e. The molecule has 0 unspecified atom stereocenters. The van der Waals surface area contributed by atoms with Gasteiger partial charge in [0.1, 0.15) is 0 Å². The summed E-state index contributed by atoms with van der Waals surface area (Å²) in [6.45, 7) is 8.64. The Kier molecular flexibility index (Phi) is 12.7. The molecule has 2 aliphatic heterocycles. The number of rotatable bonds is 6. The largest absolute Gasteiger partial charge is 0.369 e. The minimum atomic E-state index is 0.662. The summed E-state index contributed by atoms with van der Waals surface area (Å²) in [6, 6.07) is 37.2. The van der Waals surface area contributed by atoms with Crippen molar-refractivity contribution in [1.82, 2.24) is 9.80 Å². The number of benzene rings is 4. The van der Waals surface area contributed by atoms with Crippen molar-refractivity contribution in [3.05, 3.63) is 128 Å². The fraction of sp³-hybridized carbons (Fsp3) is 0.250. The quantitative estimate of drug-likeness (QED) is 0.145. The first-order valence-corrected chi connectivity index (χ1v) is 17.7. The third kappa shape index (κ3) is 9.46. The maximum atomic E-state index is 9.50. The molecule has 48 heavy (non-hydrogen) atoms. The van der Waals surface area contributed by atoms with Gasteiger partial charge in [0.05, 0.1) is 23.3 Å². The summed E-state index contributed by atoms with van der Waals surface area (Å²) in [4.78, 5) is 9.52. The van der Waals surface area contributed by atoms with Crippen molar-refractivity contribution in [2.75, 3.05) is 76.3 Å². The molecule has 0 amide bonds. The highest BCUT2D eigenvalue weighted by molar-refractivity contribution is 9.10. The standard InChI is InChI=1S/2C20H20BrN3/c2*1-23-10-12-24(13-11-23)18-8-6-16(7-9-18)14-17(15-22)19-4-2-3-5-20(19)21/h2*2-9,14H,10-13H2,1H3/b2*17-14+. The van der Waals surface area contributed by atoms with Gasteiger partial charge < -0.3 is 19.6 Å². The van der Waals surface area contributed by atoms with Crippen molar-refractivity contribution in [2.24, 2.45) is 0 Å². The van der Waals surface area contributed by atoms with Crippen molar-refractivity contribution < 1.29 is 0 Å². The molecule has 0 N–H and O–H groups in total. The zero-order valence-electron chi connectivity index (χ0n) is 27.5. The van der Waals surface area contributed by atoms with E-state index in [9.17, 15) is 10.5 Å². The van der Waals surface area contributed by atoms with Crippen molar-refractivity contribution in [3.8, 4) is 12.1 Å². The van der Waals surface area contributed by atoms with E-state index in [1.807, 2.05) is 60.7 Å². The summed E-state index contributed by atoms with van der Waals surface area (Å²) < 4.78 is 1.87. The van der Waals surface area contributed by atoms with Crippen LogP contribution in [0.5, 0.6) is 0 Å². The fourth-order valence-corrected chi connectivity index (χ4v) is 6.72. The second kappa shape index (κ2) is 17.3. The number of halogens is 2. The maximum Gasteiger partial charge on any atom is 0.0998 e. The predicted octanol–water partition coefficient (Wildman–Crippen LogP) is 8.53. The van der Waals surface area contributed by atoms with E-state index in [-0.39, 0.29) is 0 Å². The molecule has 4 aromatic rings. The molecule has 2 heterocycles. The van der Waals surface area contributed by atoms with E-state index in [0.717, 1.165) is 83.6 Å².